The van der Waals surface area contributed by atoms with Crippen molar-refractivity contribution in [2.75, 3.05) is 26.1 Å². The number of H-pyrrole nitrogens is 1. The molecule has 7 heteroatoms. The van der Waals surface area contributed by atoms with Gasteiger partial charge in [-0.15, -0.1) is 0 Å². The van der Waals surface area contributed by atoms with Gasteiger partial charge in [-0.05, 0) is 30.3 Å². The molecule has 32 heavy (non-hydrogen) atoms. The number of nitrogens with one attached hydrogen (secondary N) is 1. The molecule has 4 rings (SSSR count). The zero-order valence-electron chi connectivity index (χ0n) is 19.3. The molecule has 0 bridgehead atoms. The van der Waals surface area contributed by atoms with E-state index in [0.29, 0.717) is 5.69 Å². The summed E-state index contributed by atoms with van der Waals surface area (Å²) in [4.78, 5) is 18.1. The van der Waals surface area contributed by atoms with Crippen molar-refractivity contribution in [1.29, 1.82) is 0 Å². The molecule has 2 heterocycles. The Morgan fingerprint density at radius 3 is 2.38 bits per heavy atom. The fourth-order valence-corrected chi connectivity index (χ4v) is 4.33. The number of aromatic amines is 1. The van der Waals surface area contributed by atoms with Gasteiger partial charge in [0.05, 0.1) is 18.8 Å². The highest BCUT2D eigenvalue weighted by atomic mass is 32.1. The minimum Gasteiger partial charge on any atom is -0.496 e. The Morgan fingerprint density at radius 1 is 1.12 bits per heavy atom. The van der Waals surface area contributed by atoms with Gasteiger partial charge >= 0.3 is 0 Å². The highest BCUT2D eigenvalue weighted by Crippen LogP contribution is 2.47. The summed E-state index contributed by atoms with van der Waals surface area (Å²) >= 11 is 5.49. The lowest BCUT2D eigenvalue weighted by Gasteiger charge is -2.29. The normalized spacial score (nSPS) is 15.6. The Morgan fingerprint density at radius 2 is 1.78 bits per heavy atom. The zero-order valence-corrected chi connectivity index (χ0v) is 20.1. The molecule has 0 spiro atoms. The van der Waals surface area contributed by atoms with Crippen LogP contribution >= 0.6 is 12.2 Å². The van der Waals surface area contributed by atoms with E-state index in [1.54, 1.807) is 7.11 Å². The maximum atomic E-state index is 13.6. The summed E-state index contributed by atoms with van der Waals surface area (Å²) in [5, 5.41) is 7.55. The summed E-state index contributed by atoms with van der Waals surface area (Å²) in [6, 6.07) is 15.3. The maximum Gasteiger partial charge on any atom is 0.277 e. The van der Waals surface area contributed by atoms with E-state index in [-0.39, 0.29) is 17.4 Å². The number of hydrogen-bond donors (Lipinski definition) is 1. The predicted molar refractivity (Wildman–Crippen MR) is 131 cm³/mol. The van der Waals surface area contributed by atoms with Crippen LogP contribution in [0.4, 0.5) is 5.69 Å². The smallest absolute Gasteiger partial charge is 0.277 e. The first-order valence-electron chi connectivity index (χ1n) is 10.5. The lowest BCUT2D eigenvalue weighted by Crippen LogP contribution is -2.30. The number of carbonyl (C=O) groups is 1. The molecule has 1 aliphatic rings. The number of anilines is 1. The van der Waals surface area contributed by atoms with E-state index >= 15 is 0 Å². The van der Waals surface area contributed by atoms with Crippen LogP contribution in [-0.2, 0) is 5.41 Å². The largest absolute Gasteiger partial charge is 0.496 e. The topological polar surface area (TPSA) is 61.5 Å². The lowest BCUT2D eigenvalue weighted by molar-refractivity contribution is 0.0988. The molecule has 1 unspecified atom stereocenters. The molecule has 0 fully saturated rings. The minimum atomic E-state index is -0.353. The summed E-state index contributed by atoms with van der Waals surface area (Å²) < 4.78 is 5.68. The van der Waals surface area contributed by atoms with Gasteiger partial charge in [-0.1, -0.05) is 51.2 Å². The number of ether oxygens (including phenoxy) is 1. The molecule has 1 aliphatic heterocycles. The van der Waals surface area contributed by atoms with Crippen LogP contribution in [0.3, 0.4) is 0 Å². The molecule has 0 radical (unpaired) electrons. The monoisotopic (exact) mass is 448 g/mol. The van der Waals surface area contributed by atoms with Crippen molar-refractivity contribution >= 4 is 28.8 Å². The van der Waals surface area contributed by atoms with Crippen molar-refractivity contribution in [2.45, 2.75) is 32.2 Å². The Labute approximate surface area is 194 Å². The van der Waals surface area contributed by atoms with E-state index in [9.17, 15) is 4.79 Å². The van der Waals surface area contributed by atoms with Gasteiger partial charge < -0.3 is 9.64 Å². The number of carbonyl (C=O) groups excluding carboxylic acids is 1. The van der Waals surface area contributed by atoms with Crippen LogP contribution in [0.1, 0.15) is 59.7 Å². The van der Waals surface area contributed by atoms with Crippen LogP contribution < -0.4 is 9.64 Å². The van der Waals surface area contributed by atoms with Crippen molar-refractivity contribution in [3.8, 4) is 5.75 Å². The number of hydrogen-bond acceptors (Lipinski definition) is 4. The summed E-state index contributed by atoms with van der Waals surface area (Å²) in [7, 11) is 5.49. The molecule has 0 saturated carbocycles. The number of methoxy groups -OCH3 is 1. The number of para-hydroxylation sites is 1. The average molecular weight is 449 g/mol. The van der Waals surface area contributed by atoms with Crippen molar-refractivity contribution in [2.24, 2.45) is 0 Å². The molecule has 3 aromatic rings. The van der Waals surface area contributed by atoms with Crippen LogP contribution in [0, 0.1) is 0 Å². The molecule has 1 amide bonds. The third-order valence-electron chi connectivity index (χ3n) is 5.71. The first-order chi connectivity index (χ1) is 15.1. The number of amides is 1. The van der Waals surface area contributed by atoms with Gasteiger partial charge in [0.1, 0.15) is 16.4 Å². The quantitative estimate of drug-likeness (QED) is 0.586. The van der Waals surface area contributed by atoms with Gasteiger partial charge in [0.2, 0.25) is 0 Å². The molecule has 6 nitrogen and oxygen atoms in total. The van der Waals surface area contributed by atoms with Gasteiger partial charge in [0, 0.05) is 41.9 Å². The molecule has 0 saturated heterocycles. The van der Waals surface area contributed by atoms with E-state index in [2.05, 4.69) is 31.0 Å². The predicted octanol–water partition coefficient (Wildman–Crippen LogP) is 4.70. The Balaban J connectivity index is 1.89. The fourth-order valence-electron chi connectivity index (χ4n) is 4.19. The first kappa shape index (κ1) is 22.0. The standard InChI is InChI=1S/C25H28N4O2S/c1-25(2,3)22-19-20(26-27-22)23(30)29(21(19)17-9-7-8-10-18(17)31-6)16-13-11-15(12-14-16)24(32)28(4)5/h7-14,21H,1-6H3,(H,26,27). The number of benzene rings is 2. The van der Waals surface area contributed by atoms with Crippen LogP contribution in [0.25, 0.3) is 0 Å². The fraction of sp³-hybridized carbons (Fsp3) is 0.320. The number of thiocarbonyl (C=S) groups is 1. The number of nitrogens with zero attached hydrogens (tertiary/aromatic N) is 3. The Bertz CT molecular complexity index is 1180. The van der Waals surface area contributed by atoms with Crippen LogP contribution in [-0.4, -0.2) is 47.2 Å². The Hall–Kier alpha value is -3.19. The molecule has 166 valence electrons. The van der Waals surface area contributed by atoms with E-state index in [1.807, 2.05) is 72.4 Å². The van der Waals surface area contributed by atoms with Gasteiger partial charge in [-0.2, -0.15) is 5.10 Å². The second-order valence-electron chi connectivity index (χ2n) is 9.18. The molecular formula is C25H28N4O2S. The van der Waals surface area contributed by atoms with Gasteiger partial charge in [0.25, 0.3) is 5.91 Å². The SMILES string of the molecule is COc1ccccc1C1c2c(C(C)(C)C)n[nH]c2C(=O)N1c1ccc(C(=S)N(C)C)cc1. The van der Waals surface area contributed by atoms with E-state index in [4.69, 9.17) is 17.0 Å². The molecule has 1 aromatic heterocycles. The van der Waals surface area contributed by atoms with E-state index in [1.165, 1.54) is 0 Å². The van der Waals surface area contributed by atoms with Gasteiger partial charge in [-0.3, -0.25) is 14.8 Å². The molecule has 1 atom stereocenters. The molecular weight excluding hydrogens is 420 g/mol. The number of fused-ring (bicyclic) bond motifs is 1. The average Bonchev–Trinajstić information content (AvgIpc) is 3.32. The van der Waals surface area contributed by atoms with Crippen molar-refractivity contribution in [1.82, 2.24) is 15.1 Å². The second kappa shape index (κ2) is 8.06. The van der Waals surface area contributed by atoms with Crippen molar-refractivity contribution < 1.29 is 9.53 Å². The lowest BCUT2D eigenvalue weighted by atomic mass is 9.85. The van der Waals surface area contributed by atoms with Crippen LogP contribution in [0.15, 0.2) is 48.5 Å². The second-order valence-corrected chi connectivity index (χ2v) is 9.56. The highest BCUT2D eigenvalue weighted by Gasteiger charge is 2.45. The van der Waals surface area contributed by atoms with Crippen LogP contribution in [0.2, 0.25) is 0 Å². The third-order valence-corrected chi connectivity index (χ3v) is 6.31. The van der Waals surface area contributed by atoms with Crippen LogP contribution in [0.5, 0.6) is 5.75 Å². The van der Waals surface area contributed by atoms with Crippen molar-refractivity contribution in [3.63, 3.8) is 0 Å². The Kier molecular flexibility index (Phi) is 5.54. The van der Waals surface area contributed by atoms with Gasteiger partial charge in [-0.25, -0.2) is 0 Å². The third kappa shape index (κ3) is 3.56. The molecule has 1 N–H and O–H groups in total. The highest BCUT2D eigenvalue weighted by molar-refractivity contribution is 7.80. The number of aromatic nitrogens is 2. The molecule has 0 aliphatic carbocycles. The minimum absolute atomic E-state index is 0.109. The van der Waals surface area contributed by atoms with Gasteiger partial charge in [0.15, 0.2) is 0 Å². The number of rotatable bonds is 4. The van der Waals surface area contributed by atoms with E-state index < -0.39 is 0 Å². The summed E-state index contributed by atoms with van der Waals surface area (Å²) in [5.41, 5.74) is 4.72. The maximum absolute atomic E-state index is 13.6. The van der Waals surface area contributed by atoms with E-state index in [0.717, 1.165) is 38.8 Å². The summed E-state index contributed by atoms with van der Waals surface area (Å²) in [5.74, 6) is 0.622. The molecule has 2 aromatic carbocycles. The summed E-state index contributed by atoms with van der Waals surface area (Å²) in [6.07, 6.45) is 0. The zero-order chi connectivity index (χ0) is 23.2. The summed E-state index contributed by atoms with van der Waals surface area (Å²) in [6.45, 7) is 6.31. The van der Waals surface area contributed by atoms with Crippen molar-refractivity contribution in [3.05, 3.63) is 76.6 Å². The first-order valence-corrected chi connectivity index (χ1v) is 10.9.